The van der Waals surface area contributed by atoms with Gasteiger partial charge < -0.3 is 19.4 Å². The largest absolute Gasteiger partial charge is 0.467 e. The number of aryl methyl sites for hydroxylation is 1. The molecule has 0 aliphatic carbocycles. The SMILES string of the molecule is CCc1ccc(NC(=O)[C@H](C)OC(=O)[C@@H]2CC(=O)N(Cc3ccco3)C2)cc1. The van der Waals surface area contributed by atoms with Gasteiger partial charge in [-0.25, -0.2) is 0 Å². The zero-order valence-corrected chi connectivity index (χ0v) is 16.0. The van der Waals surface area contributed by atoms with Crippen LogP contribution in [-0.2, 0) is 32.1 Å². The van der Waals surface area contributed by atoms with Crippen molar-refractivity contribution < 1.29 is 23.5 Å². The highest BCUT2D eigenvalue weighted by atomic mass is 16.5. The van der Waals surface area contributed by atoms with E-state index in [4.69, 9.17) is 9.15 Å². The number of carbonyl (C=O) groups excluding carboxylic acids is 3. The summed E-state index contributed by atoms with van der Waals surface area (Å²) in [4.78, 5) is 38.4. The van der Waals surface area contributed by atoms with Crippen LogP contribution in [0.25, 0.3) is 0 Å². The van der Waals surface area contributed by atoms with Gasteiger partial charge in [-0.15, -0.1) is 0 Å². The Bertz CT molecular complexity index is 829. The molecule has 2 aromatic rings. The molecule has 1 saturated heterocycles. The molecule has 1 aliphatic rings. The number of nitrogens with zero attached hydrogens (tertiary/aromatic N) is 1. The van der Waals surface area contributed by atoms with Gasteiger partial charge in [0.2, 0.25) is 5.91 Å². The Morgan fingerprint density at radius 3 is 2.68 bits per heavy atom. The van der Waals surface area contributed by atoms with Crippen molar-refractivity contribution in [2.75, 3.05) is 11.9 Å². The molecular weight excluding hydrogens is 360 g/mol. The maximum absolute atomic E-state index is 12.4. The van der Waals surface area contributed by atoms with Crippen molar-refractivity contribution in [3.8, 4) is 0 Å². The van der Waals surface area contributed by atoms with Gasteiger partial charge in [0.05, 0.1) is 18.7 Å². The summed E-state index contributed by atoms with van der Waals surface area (Å²) < 4.78 is 10.5. The topological polar surface area (TPSA) is 88.8 Å². The molecule has 148 valence electrons. The third kappa shape index (κ3) is 4.79. The molecule has 2 atom stereocenters. The monoisotopic (exact) mass is 384 g/mol. The summed E-state index contributed by atoms with van der Waals surface area (Å²) in [6.07, 6.45) is 1.58. The molecule has 1 aromatic carbocycles. The van der Waals surface area contributed by atoms with Crippen LogP contribution in [0.2, 0.25) is 0 Å². The molecule has 0 saturated carbocycles. The van der Waals surface area contributed by atoms with Crippen LogP contribution in [0.3, 0.4) is 0 Å². The fourth-order valence-electron chi connectivity index (χ4n) is 3.07. The maximum Gasteiger partial charge on any atom is 0.312 e. The molecular formula is C21H24N2O5. The van der Waals surface area contributed by atoms with Crippen molar-refractivity contribution >= 4 is 23.5 Å². The first-order valence-electron chi connectivity index (χ1n) is 9.36. The number of carbonyl (C=O) groups is 3. The molecule has 1 fully saturated rings. The van der Waals surface area contributed by atoms with E-state index in [2.05, 4.69) is 12.2 Å². The molecule has 3 rings (SSSR count). The predicted molar refractivity (Wildman–Crippen MR) is 102 cm³/mol. The van der Waals surface area contributed by atoms with Crippen molar-refractivity contribution in [1.82, 2.24) is 4.90 Å². The van der Waals surface area contributed by atoms with Gasteiger partial charge in [0.25, 0.3) is 5.91 Å². The van der Waals surface area contributed by atoms with Crippen LogP contribution in [0.5, 0.6) is 0 Å². The highest BCUT2D eigenvalue weighted by molar-refractivity contribution is 5.95. The first-order chi connectivity index (χ1) is 13.5. The standard InChI is InChI=1S/C21H24N2O5/c1-3-15-6-8-17(9-7-15)22-20(25)14(2)28-21(26)16-11-19(24)23(12-16)13-18-5-4-10-27-18/h4-10,14,16H,3,11-13H2,1-2H3,(H,22,25)/t14-,16+/m0/s1. The fraction of sp³-hybridized carbons (Fsp3) is 0.381. The van der Waals surface area contributed by atoms with Crippen LogP contribution >= 0.6 is 0 Å². The Balaban J connectivity index is 1.50. The molecule has 7 heteroatoms. The van der Waals surface area contributed by atoms with Crippen molar-refractivity contribution in [1.29, 1.82) is 0 Å². The second-order valence-electron chi connectivity index (χ2n) is 6.87. The van der Waals surface area contributed by atoms with Gasteiger partial charge in [-0.2, -0.15) is 0 Å². The Kier molecular flexibility index (Phi) is 6.13. The Labute approximate surface area is 163 Å². The van der Waals surface area contributed by atoms with E-state index in [9.17, 15) is 14.4 Å². The van der Waals surface area contributed by atoms with Crippen LogP contribution in [-0.4, -0.2) is 35.3 Å². The first-order valence-corrected chi connectivity index (χ1v) is 9.36. The van der Waals surface area contributed by atoms with Gasteiger partial charge in [-0.05, 0) is 43.2 Å². The van der Waals surface area contributed by atoms with E-state index in [0.717, 1.165) is 6.42 Å². The summed E-state index contributed by atoms with van der Waals surface area (Å²) in [5.41, 5.74) is 1.81. The van der Waals surface area contributed by atoms with Gasteiger partial charge in [0.15, 0.2) is 6.10 Å². The average molecular weight is 384 g/mol. The minimum Gasteiger partial charge on any atom is -0.467 e. The molecule has 1 aliphatic heterocycles. The highest BCUT2D eigenvalue weighted by Gasteiger charge is 2.36. The predicted octanol–water partition coefficient (Wildman–Crippen LogP) is 2.76. The summed E-state index contributed by atoms with van der Waals surface area (Å²) in [6.45, 7) is 4.15. The highest BCUT2D eigenvalue weighted by Crippen LogP contribution is 2.22. The van der Waals surface area contributed by atoms with Crippen LogP contribution in [0.1, 0.15) is 31.6 Å². The molecule has 7 nitrogen and oxygen atoms in total. The van der Waals surface area contributed by atoms with Gasteiger partial charge in [-0.1, -0.05) is 19.1 Å². The zero-order valence-electron chi connectivity index (χ0n) is 16.0. The Morgan fingerprint density at radius 2 is 2.04 bits per heavy atom. The molecule has 1 aromatic heterocycles. The molecule has 2 heterocycles. The second-order valence-corrected chi connectivity index (χ2v) is 6.87. The minimum absolute atomic E-state index is 0.0758. The van der Waals surface area contributed by atoms with Crippen LogP contribution < -0.4 is 5.32 Å². The molecule has 2 amide bonds. The van der Waals surface area contributed by atoms with Gasteiger partial charge >= 0.3 is 5.97 Å². The average Bonchev–Trinajstić information content (AvgIpc) is 3.32. The second kappa shape index (κ2) is 8.73. The number of amides is 2. The van der Waals surface area contributed by atoms with E-state index in [1.165, 1.54) is 18.8 Å². The quantitative estimate of drug-likeness (QED) is 0.742. The van der Waals surface area contributed by atoms with Crippen molar-refractivity contribution in [2.24, 2.45) is 5.92 Å². The van der Waals surface area contributed by atoms with E-state index in [-0.39, 0.29) is 18.9 Å². The number of rotatable bonds is 7. The van der Waals surface area contributed by atoms with Gasteiger partial charge in [0.1, 0.15) is 5.76 Å². The van der Waals surface area contributed by atoms with Crippen LogP contribution in [0.4, 0.5) is 5.69 Å². The summed E-state index contributed by atoms with van der Waals surface area (Å²) in [5, 5.41) is 2.73. The number of hydrogen-bond donors (Lipinski definition) is 1. The normalized spacial score (nSPS) is 17.4. The zero-order chi connectivity index (χ0) is 20.1. The van der Waals surface area contributed by atoms with Crippen molar-refractivity contribution in [3.63, 3.8) is 0 Å². The van der Waals surface area contributed by atoms with Gasteiger partial charge in [0, 0.05) is 18.7 Å². The number of anilines is 1. The molecule has 0 radical (unpaired) electrons. The van der Waals surface area contributed by atoms with E-state index >= 15 is 0 Å². The van der Waals surface area contributed by atoms with E-state index in [1.54, 1.807) is 17.0 Å². The lowest BCUT2D eigenvalue weighted by atomic mass is 10.1. The third-order valence-electron chi connectivity index (χ3n) is 4.77. The number of furan rings is 1. The molecule has 1 N–H and O–H groups in total. The van der Waals surface area contributed by atoms with E-state index in [1.807, 2.05) is 24.3 Å². The third-order valence-corrected chi connectivity index (χ3v) is 4.77. The number of likely N-dealkylation sites (tertiary alicyclic amines) is 1. The lowest BCUT2D eigenvalue weighted by molar-refractivity contribution is -0.157. The Morgan fingerprint density at radius 1 is 1.29 bits per heavy atom. The number of benzene rings is 1. The van der Waals surface area contributed by atoms with Crippen molar-refractivity contribution in [2.45, 2.75) is 39.3 Å². The molecule has 0 spiro atoms. The van der Waals surface area contributed by atoms with Crippen LogP contribution in [0.15, 0.2) is 47.1 Å². The summed E-state index contributed by atoms with van der Waals surface area (Å²) >= 11 is 0. The number of ether oxygens (including phenoxy) is 1. The smallest absolute Gasteiger partial charge is 0.312 e. The summed E-state index contributed by atoms with van der Waals surface area (Å²) in [6, 6.07) is 11.0. The lowest BCUT2D eigenvalue weighted by Crippen LogP contribution is -2.33. The molecule has 0 unspecified atom stereocenters. The number of esters is 1. The molecule has 0 bridgehead atoms. The first kappa shape index (κ1) is 19.7. The Hall–Kier alpha value is -3.09. The van der Waals surface area contributed by atoms with Crippen LogP contribution in [0, 0.1) is 5.92 Å². The van der Waals surface area contributed by atoms with E-state index < -0.39 is 23.9 Å². The fourth-order valence-corrected chi connectivity index (χ4v) is 3.07. The maximum atomic E-state index is 12.4. The van der Waals surface area contributed by atoms with E-state index in [0.29, 0.717) is 18.0 Å². The minimum atomic E-state index is -0.951. The van der Waals surface area contributed by atoms with Crippen molar-refractivity contribution in [3.05, 3.63) is 54.0 Å². The summed E-state index contributed by atoms with van der Waals surface area (Å²) in [5.74, 6) is -1.01. The summed E-state index contributed by atoms with van der Waals surface area (Å²) in [7, 11) is 0. The lowest BCUT2D eigenvalue weighted by Gasteiger charge is -2.17. The number of nitrogens with one attached hydrogen (secondary N) is 1. The molecule has 28 heavy (non-hydrogen) atoms. The van der Waals surface area contributed by atoms with Gasteiger partial charge in [-0.3, -0.25) is 14.4 Å². The number of hydrogen-bond acceptors (Lipinski definition) is 5.